The van der Waals surface area contributed by atoms with E-state index in [4.69, 9.17) is 11.6 Å². The van der Waals surface area contributed by atoms with Crippen LogP contribution < -0.4 is 5.32 Å². The molecule has 0 aliphatic rings. The Morgan fingerprint density at radius 3 is 2.29 bits per heavy atom. The largest absolute Gasteiger partial charge is 0.354 e. The molecule has 2 nitrogen and oxygen atoms in total. The molecule has 0 bridgehead atoms. The SMILES string of the molecule is CCCC(Cl)CNC(=O)C(CC)CC. The maximum atomic E-state index is 11.5. The molecular formula is C11H22ClNO. The molecule has 0 saturated carbocycles. The van der Waals surface area contributed by atoms with Gasteiger partial charge in [0.05, 0.1) is 5.38 Å². The van der Waals surface area contributed by atoms with Crippen LogP contribution >= 0.6 is 11.6 Å². The summed E-state index contributed by atoms with van der Waals surface area (Å²) >= 11 is 6.00. The van der Waals surface area contributed by atoms with Crippen LogP contribution in [-0.2, 0) is 4.79 Å². The Labute approximate surface area is 92.4 Å². The lowest BCUT2D eigenvalue weighted by Crippen LogP contribution is -2.34. The van der Waals surface area contributed by atoms with Crippen LogP contribution in [0.15, 0.2) is 0 Å². The first-order chi connectivity index (χ1) is 6.65. The number of rotatable bonds is 7. The molecule has 84 valence electrons. The molecule has 0 aliphatic heterocycles. The number of halogens is 1. The predicted octanol–water partition coefficient (Wildman–Crippen LogP) is 2.95. The van der Waals surface area contributed by atoms with Crippen molar-refractivity contribution in [3.8, 4) is 0 Å². The van der Waals surface area contributed by atoms with Gasteiger partial charge in [-0.2, -0.15) is 0 Å². The molecule has 0 spiro atoms. The molecule has 0 fully saturated rings. The molecule has 0 rings (SSSR count). The van der Waals surface area contributed by atoms with Crippen molar-refractivity contribution in [1.82, 2.24) is 5.32 Å². The van der Waals surface area contributed by atoms with Gasteiger partial charge in [0, 0.05) is 12.5 Å². The lowest BCUT2D eigenvalue weighted by molar-refractivity contribution is -0.125. The Morgan fingerprint density at radius 1 is 1.29 bits per heavy atom. The highest BCUT2D eigenvalue weighted by Gasteiger charge is 2.14. The van der Waals surface area contributed by atoms with Gasteiger partial charge in [0.2, 0.25) is 5.91 Å². The van der Waals surface area contributed by atoms with E-state index in [1.807, 2.05) is 13.8 Å². The van der Waals surface area contributed by atoms with Crippen LogP contribution in [0.2, 0.25) is 0 Å². The summed E-state index contributed by atoms with van der Waals surface area (Å²) in [6, 6.07) is 0. The van der Waals surface area contributed by atoms with E-state index in [0.717, 1.165) is 25.7 Å². The highest BCUT2D eigenvalue weighted by Crippen LogP contribution is 2.08. The monoisotopic (exact) mass is 219 g/mol. The zero-order valence-electron chi connectivity index (χ0n) is 9.48. The Balaban J connectivity index is 3.71. The highest BCUT2D eigenvalue weighted by atomic mass is 35.5. The first-order valence-electron chi connectivity index (χ1n) is 5.57. The molecule has 0 radical (unpaired) electrons. The number of carbonyl (C=O) groups is 1. The molecule has 1 unspecified atom stereocenters. The Hall–Kier alpha value is -0.240. The lowest BCUT2D eigenvalue weighted by atomic mass is 10.0. The van der Waals surface area contributed by atoms with Crippen LogP contribution in [0.25, 0.3) is 0 Å². The van der Waals surface area contributed by atoms with Gasteiger partial charge in [-0.05, 0) is 19.3 Å². The Kier molecular flexibility index (Phi) is 7.96. The third kappa shape index (κ3) is 5.48. The van der Waals surface area contributed by atoms with Crippen molar-refractivity contribution in [3.63, 3.8) is 0 Å². The molecule has 1 amide bonds. The third-order valence-electron chi connectivity index (χ3n) is 2.46. The van der Waals surface area contributed by atoms with E-state index in [1.165, 1.54) is 0 Å². The summed E-state index contributed by atoms with van der Waals surface area (Å²) in [4.78, 5) is 11.5. The summed E-state index contributed by atoms with van der Waals surface area (Å²) in [5.41, 5.74) is 0. The fourth-order valence-corrected chi connectivity index (χ4v) is 1.73. The van der Waals surface area contributed by atoms with Gasteiger partial charge in [-0.1, -0.05) is 27.2 Å². The van der Waals surface area contributed by atoms with Crippen LogP contribution in [0.3, 0.4) is 0 Å². The molecule has 0 aromatic heterocycles. The minimum Gasteiger partial charge on any atom is -0.354 e. The van der Waals surface area contributed by atoms with E-state index in [9.17, 15) is 4.79 Å². The molecule has 3 heteroatoms. The predicted molar refractivity (Wildman–Crippen MR) is 61.6 cm³/mol. The number of alkyl halides is 1. The number of nitrogens with one attached hydrogen (secondary N) is 1. The van der Waals surface area contributed by atoms with Gasteiger partial charge in [0.1, 0.15) is 0 Å². The van der Waals surface area contributed by atoms with Crippen molar-refractivity contribution < 1.29 is 4.79 Å². The normalized spacial score (nSPS) is 12.9. The van der Waals surface area contributed by atoms with E-state index in [0.29, 0.717) is 6.54 Å². The topological polar surface area (TPSA) is 29.1 Å². The zero-order valence-corrected chi connectivity index (χ0v) is 10.2. The summed E-state index contributed by atoms with van der Waals surface area (Å²) in [7, 11) is 0. The van der Waals surface area contributed by atoms with E-state index in [-0.39, 0.29) is 17.2 Å². The maximum Gasteiger partial charge on any atom is 0.223 e. The van der Waals surface area contributed by atoms with E-state index < -0.39 is 0 Å². The highest BCUT2D eigenvalue weighted by molar-refractivity contribution is 6.20. The van der Waals surface area contributed by atoms with Crippen molar-refractivity contribution in [2.75, 3.05) is 6.54 Å². The number of hydrogen-bond donors (Lipinski definition) is 1. The standard InChI is InChI=1S/C11H22ClNO/c1-4-7-10(12)8-13-11(14)9(5-2)6-3/h9-10H,4-8H2,1-3H3,(H,13,14). The van der Waals surface area contributed by atoms with Crippen LogP contribution in [-0.4, -0.2) is 17.8 Å². The number of amides is 1. The first-order valence-corrected chi connectivity index (χ1v) is 6.01. The van der Waals surface area contributed by atoms with Crippen molar-refractivity contribution >= 4 is 17.5 Å². The minimum atomic E-state index is 0.0818. The smallest absolute Gasteiger partial charge is 0.223 e. The molecule has 0 saturated heterocycles. The lowest BCUT2D eigenvalue weighted by Gasteiger charge is -2.14. The Bertz CT molecular complexity index is 157. The number of hydrogen-bond acceptors (Lipinski definition) is 1. The maximum absolute atomic E-state index is 11.5. The molecular weight excluding hydrogens is 198 g/mol. The van der Waals surface area contributed by atoms with Gasteiger partial charge in [-0.3, -0.25) is 4.79 Å². The van der Waals surface area contributed by atoms with Gasteiger partial charge in [0.15, 0.2) is 0 Å². The zero-order chi connectivity index (χ0) is 11.0. The molecule has 0 heterocycles. The molecule has 1 N–H and O–H groups in total. The van der Waals surface area contributed by atoms with Crippen LogP contribution in [0.4, 0.5) is 0 Å². The molecule has 0 aliphatic carbocycles. The van der Waals surface area contributed by atoms with Crippen LogP contribution in [0, 0.1) is 5.92 Å². The van der Waals surface area contributed by atoms with Gasteiger partial charge >= 0.3 is 0 Å². The van der Waals surface area contributed by atoms with E-state index in [1.54, 1.807) is 0 Å². The average Bonchev–Trinajstić information content (AvgIpc) is 2.17. The Morgan fingerprint density at radius 2 is 1.86 bits per heavy atom. The van der Waals surface area contributed by atoms with Gasteiger partial charge in [0.25, 0.3) is 0 Å². The first kappa shape index (κ1) is 13.8. The van der Waals surface area contributed by atoms with Crippen molar-refractivity contribution in [3.05, 3.63) is 0 Å². The average molecular weight is 220 g/mol. The van der Waals surface area contributed by atoms with Crippen molar-refractivity contribution in [2.45, 2.75) is 51.8 Å². The van der Waals surface area contributed by atoms with Crippen molar-refractivity contribution in [2.24, 2.45) is 5.92 Å². The summed E-state index contributed by atoms with van der Waals surface area (Å²) in [6.45, 7) is 6.78. The van der Waals surface area contributed by atoms with Gasteiger partial charge < -0.3 is 5.32 Å². The fourth-order valence-electron chi connectivity index (χ4n) is 1.43. The second-order valence-electron chi connectivity index (χ2n) is 3.64. The number of carbonyl (C=O) groups excluding carboxylic acids is 1. The summed E-state index contributed by atoms with van der Waals surface area (Å²) in [5.74, 6) is 0.303. The summed E-state index contributed by atoms with van der Waals surface area (Å²) < 4.78 is 0. The van der Waals surface area contributed by atoms with Gasteiger partial charge in [-0.15, -0.1) is 11.6 Å². The molecule has 1 atom stereocenters. The summed E-state index contributed by atoms with van der Waals surface area (Å²) in [5, 5.41) is 2.98. The van der Waals surface area contributed by atoms with Crippen LogP contribution in [0.5, 0.6) is 0 Å². The minimum absolute atomic E-state index is 0.0818. The quantitative estimate of drug-likeness (QED) is 0.656. The second-order valence-corrected chi connectivity index (χ2v) is 4.26. The fraction of sp³-hybridized carbons (Fsp3) is 0.909. The molecule has 0 aromatic rings. The molecule has 0 aromatic carbocycles. The third-order valence-corrected chi connectivity index (χ3v) is 2.83. The molecule has 14 heavy (non-hydrogen) atoms. The van der Waals surface area contributed by atoms with Gasteiger partial charge in [-0.25, -0.2) is 0 Å². The van der Waals surface area contributed by atoms with E-state index in [2.05, 4.69) is 12.2 Å². The van der Waals surface area contributed by atoms with Crippen LogP contribution in [0.1, 0.15) is 46.5 Å². The summed E-state index contributed by atoms with van der Waals surface area (Å²) in [6.07, 6.45) is 3.84. The van der Waals surface area contributed by atoms with Crippen molar-refractivity contribution in [1.29, 1.82) is 0 Å². The van der Waals surface area contributed by atoms with E-state index >= 15 is 0 Å². The second kappa shape index (κ2) is 8.10.